The largest absolute Gasteiger partial charge is 0.297 e. The van der Waals surface area contributed by atoms with E-state index in [4.69, 9.17) is 28.3 Å². The van der Waals surface area contributed by atoms with Crippen LogP contribution in [0.2, 0.25) is 10.0 Å². The molecule has 1 atom stereocenters. The first-order valence-corrected chi connectivity index (χ1v) is 11.1. The van der Waals surface area contributed by atoms with Gasteiger partial charge in [-0.05, 0) is 41.8 Å². The number of hydrogen-bond donors (Lipinski definition) is 0. The van der Waals surface area contributed by atoms with Crippen LogP contribution in [0.1, 0.15) is 16.6 Å². The van der Waals surface area contributed by atoms with Gasteiger partial charge in [-0.3, -0.25) is 4.90 Å². The maximum atomic E-state index is 6.40. The molecule has 148 valence electrons. The van der Waals surface area contributed by atoms with Gasteiger partial charge in [0.15, 0.2) is 12.0 Å². The predicted octanol–water partition coefficient (Wildman–Crippen LogP) is 7.44. The van der Waals surface area contributed by atoms with E-state index in [1.165, 1.54) is 4.88 Å². The van der Waals surface area contributed by atoms with Gasteiger partial charge in [-0.25, -0.2) is 5.01 Å². The average molecular weight is 450 g/mol. The minimum Gasteiger partial charge on any atom is -0.297 e. The molecule has 0 fully saturated rings. The number of benzene rings is 3. The molecule has 0 bridgehead atoms. The standard InChI is InChI=1S/C24H17Cl2N3S/c25-20-14-13-19(16-21(20)26)28-23(17-8-3-1-4-9-17)27-29(18-10-5-2-6-11-18)24(28)22-12-7-15-30-22/h1-16,24H/t24-/m1/s1. The number of para-hydroxylation sites is 1. The van der Waals surface area contributed by atoms with Crippen LogP contribution >= 0.6 is 34.5 Å². The van der Waals surface area contributed by atoms with Gasteiger partial charge in [0.2, 0.25) is 0 Å². The van der Waals surface area contributed by atoms with Crippen molar-refractivity contribution in [1.82, 2.24) is 0 Å². The summed E-state index contributed by atoms with van der Waals surface area (Å²) < 4.78 is 0. The van der Waals surface area contributed by atoms with Crippen molar-refractivity contribution in [2.24, 2.45) is 5.10 Å². The monoisotopic (exact) mass is 449 g/mol. The normalized spacial score (nSPS) is 16.1. The van der Waals surface area contributed by atoms with E-state index in [1.807, 2.05) is 54.6 Å². The van der Waals surface area contributed by atoms with Crippen molar-refractivity contribution in [3.05, 3.63) is 117 Å². The number of thiophene rings is 1. The van der Waals surface area contributed by atoms with Gasteiger partial charge in [0.05, 0.1) is 15.7 Å². The summed E-state index contributed by atoms with van der Waals surface area (Å²) in [5.74, 6) is 0.858. The van der Waals surface area contributed by atoms with E-state index in [-0.39, 0.29) is 6.17 Å². The molecule has 0 amide bonds. The molecule has 0 aliphatic carbocycles. The first kappa shape index (κ1) is 19.2. The molecular formula is C24H17Cl2N3S. The Morgan fingerprint density at radius 2 is 1.47 bits per heavy atom. The van der Waals surface area contributed by atoms with Crippen LogP contribution in [0.25, 0.3) is 0 Å². The Morgan fingerprint density at radius 3 is 2.13 bits per heavy atom. The zero-order chi connectivity index (χ0) is 20.5. The third-order valence-electron chi connectivity index (χ3n) is 4.94. The summed E-state index contributed by atoms with van der Waals surface area (Å²) in [4.78, 5) is 3.40. The van der Waals surface area contributed by atoms with Crippen molar-refractivity contribution in [2.75, 3.05) is 9.91 Å². The van der Waals surface area contributed by atoms with Crippen molar-refractivity contribution in [1.29, 1.82) is 0 Å². The van der Waals surface area contributed by atoms with E-state index >= 15 is 0 Å². The highest BCUT2D eigenvalue weighted by Crippen LogP contribution is 2.42. The molecule has 3 aromatic carbocycles. The van der Waals surface area contributed by atoms with Crippen LogP contribution in [0.5, 0.6) is 0 Å². The average Bonchev–Trinajstić information content (AvgIpc) is 3.45. The minimum atomic E-state index is -0.139. The number of hydrogen-bond acceptors (Lipinski definition) is 4. The first-order chi connectivity index (χ1) is 14.7. The molecule has 1 aliphatic rings. The number of anilines is 2. The minimum absolute atomic E-state index is 0.139. The van der Waals surface area contributed by atoms with Crippen molar-refractivity contribution < 1.29 is 0 Å². The van der Waals surface area contributed by atoms with Crippen LogP contribution in [0.4, 0.5) is 11.4 Å². The van der Waals surface area contributed by atoms with E-state index in [9.17, 15) is 0 Å². The lowest BCUT2D eigenvalue weighted by Gasteiger charge is -2.31. The number of rotatable bonds is 4. The van der Waals surface area contributed by atoms with Crippen LogP contribution in [0.15, 0.2) is 101 Å². The number of nitrogens with zero attached hydrogens (tertiary/aromatic N) is 3. The molecule has 2 heterocycles. The Morgan fingerprint density at radius 1 is 0.733 bits per heavy atom. The lowest BCUT2D eigenvalue weighted by Crippen LogP contribution is -2.35. The van der Waals surface area contributed by atoms with Crippen molar-refractivity contribution >= 4 is 51.7 Å². The van der Waals surface area contributed by atoms with Gasteiger partial charge in [0.25, 0.3) is 0 Å². The third kappa shape index (κ3) is 3.47. The maximum Gasteiger partial charge on any atom is 0.164 e. The highest BCUT2D eigenvalue weighted by atomic mass is 35.5. The first-order valence-electron chi connectivity index (χ1n) is 9.48. The van der Waals surface area contributed by atoms with Crippen molar-refractivity contribution in [2.45, 2.75) is 6.17 Å². The van der Waals surface area contributed by atoms with E-state index in [0.717, 1.165) is 22.8 Å². The highest BCUT2D eigenvalue weighted by Gasteiger charge is 2.38. The number of hydrazone groups is 1. The fourth-order valence-corrected chi connectivity index (χ4v) is 4.67. The smallest absolute Gasteiger partial charge is 0.164 e. The Kier molecular flexibility index (Phi) is 5.21. The summed E-state index contributed by atoms with van der Waals surface area (Å²) in [6.07, 6.45) is -0.139. The van der Waals surface area contributed by atoms with E-state index < -0.39 is 0 Å². The van der Waals surface area contributed by atoms with Gasteiger partial charge in [-0.15, -0.1) is 11.3 Å². The molecule has 0 radical (unpaired) electrons. The van der Waals surface area contributed by atoms with E-state index in [0.29, 0.717) is 10.0 Å². The van der Waals surface area contributed by atoms with Crippen LogP contribution in [0, 0.1) is 0 Å². The molecule has 6 heteroatoms. The van der Waals surface area contributed by atoms with E-state index in [1.54, 1.807) is 11.3 Å². The SMILES string of the molecule is Clc1ccc(N2C(c3ccccc3)=NN(c3ccccc3)[C@@H]2c2cccs2)cc1Cl. The quantitative estimate of drug-likeness (QED) is 0.322. The molecule has 0 saturated heterocycles. The van der Waals surface area contributed by atoms with Crippen LogP contribution < -0.4 is 9.91 Å². The van der Waals surface area contributed by atoms with Gasteiger partial charge in [0.1, 0.15) is 0 Å². The number of halogens is 2. The Bertz CT molecular complexity index is 1180. The predicted molar refractivity (Wildman–Crippen MR) is 128 cm³/mol. The Balaban J connectivity index is 1.72. The topological polar surface area (TPSA) is 18.8 Å². The molecule has 1 aliphatic heterocycles. The van der Waals surface area contributed by atoms with E-state index in [2.05, 4.69) is 51.7 Å². The summed E-state index contributed by atoms with van der Waals surface area (Å²) in [5, 5.41) is 10.3. The van der Waals surface area contributed by atoms with Crippen molar-refractivity contribution in [3.8, 4) is 0 Å². The Hall–Kier alpha value is -2.79. The summed E-state index contributed by atoms with van der Waals surface area (Å²) in [6.45, 7) is 0. The fourth-order valence-electron chi connectivity index (χ4n) is 3.58. The number of amidine groups is 1. The molecule has 30 heavy (non-hydrogen) atoms. The summed E-state index contributed by atoms with van der Waals surface area (Å²) in [5.41, 5.74) is 2.99. The van der Waals surface area contributed by atoms with Gasteiger partial charge in [-0.2, -0.15) is 5.10 Å². The van der Waals surface area contributed by atoms with Crippen LogP contribution in [-0.2, 0) is 0 Å². The van der Waals surface area contributed by atoms with Crippen LogP contribution in [0.3, 0.4) is 0 Å². The summed E-state index contributed by atoms with van der Waals surface area (Å²) >= 11 is 14.3. The molecule has 0 spiro atoms. The van der Waals surface area contributed by atoms with Crippen LogP contribution in [-0.4, -0.2) is 5.84 Å². The second-order valence-electron chi connectivity index (χ2n) is 6.83. The second-order valence-corrected chi connectivity index (χ2v) is 8.62. The molecule has 3 nitrogen and oxygen atoms in total. The van der Waals surface area contributed by atoms with Gasteiger partial charge in [0, 0.05) is 16.1 Å². The zero-order valence-corrected chi connectivity index (χ0v) is 18.1. The Labute approximate surface area is 189 Å². The molecule has 0 saturated carbocycles. The molecule has 0 unspecified atom stereocenters. The molecule has 4 aromatic rings. The second kappa shape index (κ2) is 8.15. The maximum absolute atomic E-state index is 6.40. The molecule has 5 rings (SSSR count). The highest BCUT2D eigenvalue weighted by molar-refractivity contribution is 7.10. The fraction of sp³-hybridized carbons (Fsp3) is 0.0417. The lowest BCUT2D eigenvalue weighted by molar-refractivity contribution is 0.716. The van der Waals surface area contributed by atoms with Gasteiger partial charge >= 0.3 is 0 Å². The van der Waals surface area contributed by atoms with Gasteiger partial charge in [-0.1, -0.05) is 77.8 Å². The van der Waals surface area contributed by atoms with Gasteiger partial charge < -0.3 is 0 Å². The third-order valence-corrected chi connectivity index (χ3v) is 6.59. The summed E-state index contributed by atoms with van der Waals surface area (Å²) in [6, 6.07) is 30.3. The molecular weight excluding hydrogens is 433 g/mol. The lowest BCUT2D eigenvalue weighted by atomic mass is 10.1. The van der Waals surface area contributed by atoms with Crippen molar-refractivity contribution in [3.63, 3.8) is 0 Å². The zero-order valence-electron chi connectivity index (χ0n) is 15.8. The summed E-state index contributed by atoms with van der Waals surface area (Å²) in [7, 11) is 0. The molecule has 1 aromatic heterocycles. The molecule has 0 N–H and O–H groups in total.